The highest BCUT2D eigenvalue weighted by molar-refractivity contribution is 7.89. The fourth-order valence-electron chi connectivity index (χ4n) is 4.20. The van der Waals surface area contributed by atoms with E-state index in [4.69, 9.17) is 4.74 Å². The Hall–Kier alpha value is -2.38. The largest absolute Gasteiger partial charge is 0.497 e. The highest BCUT2D eigenvalue weighted by Gasteiger charge is 2.35. The van der Waals surface area contributed by atoms with Gasteiger partial charge in [-0.25, -0.2) is 8.42 Å². The van der Waals surface area contributed by atoms with Crippen LogP contribution < -0.4 is 4.74 Å². The van der Waals surface area contributed by atoms with Crippen LogP contribution in [0, 0.1) is 5.92 Å². The number of piperidine rings is 1. The first-order valence-corrected chi connectivity index (χ1v) is 11.4. The maximum atomic E-state index is 13.1. The molecule has 7 heteroatoms. The number of methoxy groups -OCH3 is 1. The molecule has 0 unspecified atom stereocenters. The predicted octanol–water partition coefficient (Wildman–Crippen LogP) is 2.68. The molecule has 1 amide bonds. The first kappa shape index (κ1) is 19.9. The molecule has 6 nitrogen and oxygen atoms in total. The highest BCUT2D eigenvalue weighted by atomic mass is 32.2. The minimum atomic E-state index is -3.63. The Bertz CT molecular complexity index is 988. The molecule has 0 aliphatic carbocycles. The van der Waals surface area contributed by atoms with Crippen LogP contribution in [0.5, 0.6) is 5.75 Å². The van der Waals surface area contributed by atoms with Crippen LogP contribution in [0.3, 0.4) is 0 Å². The minimum absolute atomic E-state index is 0.0640. The number of rotatable bonds is 4. The van der Waals surface area contributed by atoms with Crippen molar-refractivity contribution in [2.75, 3.05) is 26.7 Å². The van der Waals surface area contributed by atoms with Crippen LogP contribution in [0.1, 0.15) is 24.0 Å². The van der Waals surface area contributed by atoms with Gasteiger partial charge in [0, 0.05) is 26.2 Å². The monoisotopic (exact) mass is 414 g/mol. The number of nitrogens with zero attached hydrogens (tertiary/aromatic N) is 2. The normalized spacial score (nSPS) is 20.2. The van der Waals surface area contributed by atoms with Gasteiger partial charge in [0.2, 0.25) is 15.9 Å². The molecule has 2 aromatic carbocycles. The molecule has 2 aliphatic heterocycles. The second-order valence-corrected chi connectivity index (χ2v) is 9.59. The molecule has 2 aromatic rings. The third kappa shape index (κ3) is 4.02. The van der Waals surface area contributed by atoms with Crippen molar-refractivity contribution < 1.29 is 17.9 Å². The molecule has 2 heterocycles. The molecule has 1 saturated heterocycles. The van der Waals surface area contributed by atoms with Crippen LogP contribution in [0.2, 0.25) is 0 Å². The average molecular weight is 415 g/mol. The van der Waals surface area contributed by atoms with Gasteiger partial charge in [0.05, 0.1) is 17.9 Å². The predicted molar refractivity (Wildman–Crippen MR) is 110 cm³/mol. The Morgan fingerprint density at radius 1 is 1.03 bits per heavy atom. The molecular formula is C22H26N2O4S. The third-order valence-corrected chi connectivity index (χ3v) is 7.75. The third-order valence-electron chi connectivity index (χ3n) is 5.87. The topological polar surface area (TPSA) is 66.9 Å². The van der Waals surface area contributed by atoms with Gasteiger partial charge in [-0.3, -0.25) is 4.79 Å². The Labute approximate surface area is 172 Å². The van der Waals surface area contributed by atoms with Gasteiger partial charge in [0.25, 0.3) is 0 Å². The SMILES string of the molecule is COc1ccc(S(=O)(=O)N2CCC[C@H](C(=O)N3CCc4ccccc4C3)C2)cc1. The smallest absolute Gasteiger partial charge is 0.243 e. The lowest BCUT2D eigenvalue weighted by Crippen LogP contribution is -2.47. The zero-order valence-electron chi connectivity index (χ0n) is 16.6. The summed E-state index contributed by atoms with van der Waals surface area (Å²) in [6.45, 7) is 1.99. The number of benzene rings is 2. The lowest BCUT2D eigenvalue weighted by Gasteiger charge is -2.36. The molecule has 29 heavy (non-hydrogen) atoms. The van der Waals surface area contributed by atoms with Crippen LogP contribution in [0.15, 0.2) is 53.4 Å². The van der Waals surface area contributed by atoms with Crippen molar-refractivity contribution in [2.24, 2.45) is 5.92 Å². The quantitative estimate of drug-likeness (QED) is 0.772. The summed E-state index contributed by atoms with van der Waals surface area (Å²) in [5.41, 5.74) is 2.48. The summed E-state index contributed by atoms with van der Waals surface area (Å²) >= 11 is 0. The van der Waals surface area contributed by atoms with Crippen LogP contribution in [0.4, 0.5) is 0 Å². The Morgan fingerprint density at radius 3 is 2.48 bits per heavy atom. The number of hydrogen-bond donors (Lipinski definition) is 0. The molecule has 4 rings (SSSR count). The summed E-state index contributed by atoms with van der Waals surface area (Å²) in [5, 5.41) is 0. The lowest BCUT2D eigenvalue weighted by molar-refractivity contribution is -0.137. The van der Waals surface area contributed by atoms with E-state index >= 15 is 0 Å². The molecule has 1 fully saturated rings. The Balaban J connectivity index is 1.47. The van der Waals surface area contributed by atoms with E-state index in [1.54, 1.807) is 31.4 Å². The minimum Gasteiger partial charge on any atom is -0.497 e. The summed E-state index contributed by atoms with van der Waals surface area (Å²) in [7, 11) is -2.08. The molecule has 2 aliphatic rings. The molecule has 0 N–H and O–H groups in total. The number of sulfonamides is 1. The molecule has 0 bridgehead atoms. The van der Waals surface area contributed by atoms with Gasteiger partial charge in [-0.15, -0.1) is 0 Å². The number of carbonyl (C=O) groups is 1. The number of hydrogen-bond acceptors (Lipinski definition) is 4. The van der Waals surface area contributed by atoms with Gasteiger partial charge in [0.15, 0.2) is 0 Å². The lowest BCUT2D eigenvalue weighted by atomic mass is 9.95. The number of fused-ring (bicyclic) bond motifs is 1. The van der Waals surface area contributed by atoms with Gasteiger partial charge in [-0.1, -0.05) is 24.3 Å². The fraction of sp³-hybridized carbons (Fsp3) is 0.409. The van der Waals surface area contributed by atoms with Crippen molar-refractivity contribution in [3.05, 3.63) is 59.7 Å². The van der Waals surface area contributed by atoms with Crippen LogP contribution in [-0.4, -0.2) is 50.3 Å². The van der Waals surface area contributed by atoms with E-state index in [2.05, 4.69) is 12.1 Å². The molecular weight excluding hydrogens is 388 g/mol. The number of ether oxygens (including phenoxy) is 1. The molecule has 0 radical (unpaired) electrons. The first-order valence-electron chi connectivity index (χ1n) is 9.99. The maximum Gasteiger partial charge on any atom is 0.243 e. The molecule has 0 saturated carbocycles. The standard InChI is InChI=1S/C22H26N2O4S/c1-28-20-8-10-21(11-9-20)29(26,27)24-13-4-7-19(16-24)22(25)23-14-12-17-5-2-3-6-18(17)15-23/h2-3,5-6,8-11,19H,4,7,12-16H2,1H3/t19-/m0/s1. The van der Waals surface area contributed by atoms with Crippen molar-refractivity contribution in [1.82, 2.24) is 9.21 Å². The summed E-state index contributed by atoms with van der Waals surface area (Å²) in [6, 6.07) is 14.6. The summed E-state index contributed by atoms with van der Waals surface area (Å²) in [6.07, 6.45) is 2.27. The number of amides is 1. The van der Waals surface area contributed by atoms with E-state index in [-0.39, 0.29) is 23.3 Å². The van der Waals surface area contributed by atoms with Gasteiger partial charge < -0.3 is 9.64 Å². The second kappa shape index (κ2) is 8.16. The van der Waals surface area contributed by atoms with Crippen LogP contribution >= 0.6 is 0 Å². The van der Waals surface area contributed by atoms with E-state index in [0.29, 0.717) is 31.8 Å². The average Bonchev–Trinajstić information content (AvgIpc) is 2.78. The van der Waals surface area contributed by atoms with Crippen molar-refractivity contribution in [3.63, 3.8) is 0 Å². The van der Waals surface area contributed by atoms with E-state index in [9.17, 15) is 13.2 Å². The van der Waals surface area contributed by atoms with Gasteiger partial charge >= 0.3 is 0 Å². The zero-order valence-corrected chi connectivity index (χ0v) is 17.4. The fourth-order valence-corrected chi connectivity index (χ4v) is 5.72. The summed E-state index contributed by atoms with van der Waals surface area (Å²) in [5.74, 6) is 0.386. The van der Waals surface area contributed by atoms with Crippen molar-refractivity contribution >= 4 is 15.9 Å². The highest BCUT2D eigenvalue weighted by Crippen LogP contribution is 2.28. The first-order chi connectivity index (χ1) is 14.0. The Kier molecular flexibility index (Phi) is 5.61. The van der Waals surface area contributed by atoms with Crippen molar-refractivity contribution in [3.8, 4) is 5.75 Å². The van der Waals surface area contributed by atoms with E-state index in [1.165, 1.54) is 15.4 Å². The molecule has 1 atom stereocenters. The second-order valence-electron chi connectivity index (χ2n) is 7.66. The number of carbonyl (C=O) groups excluding carboxylic acids is 1. The van der Waals surface area contributed by atoms with Gasteiger partial charge in [-0.05, 0) is 54.7 Å². The Morgan fingerprint density at radius 2 is 1.76 bits per heavy atom. The molecule has 154 valence electrons. The van der Waals surface area contributed by atoms with Crippen molar-refractivity contribution in [1.29, 1.82) is 0 Å². The van der Waals surface area contributed by atoms with Crippen LogP contribution in [0.25, 0.3) is 0 Å². The summed E-state index contributed by atoms with van der Waals surface area (Å²) < 4.78 is 32.7. The zero-order chi connectivity index (χ0) is 20.4. The maximum absolute atomic E-state index is 13.1. The van der Waals surface area contributed by atoms with Gasteiger partial charge in [0.1, 0.15) is 5.75 Å². The molecule has 0 aromatic heterocycles. The molecule has 0 spiro atoms. The van der Waals surface area contributed by atoms with Crippen molar-refractivity contribution in [2.45, 2.75) is 30.7 Å². The van der Waals surface area contributed by atoms with E-state index in [1.807, 2.05) is 17.0 Å². The van der Waals surface area contributed by atoms with Gasteiger partial charge in [-0.2, -0.15) is 4.31 Å². The van der Waals surface area contributed by atoms with Crippen LogP contribution in [-0.2, 0) is 27.8 Å². The van der Waals surface area contributed by atoms with E-state index < -0.39 is 10.0 Å². The van der Waals surface area contributed by atoms with E-state index in [0.717, 1.165) is 12.8 Å². The summed E-state index contributed by atoms with van der Waals surface area (Å²) in [4.78, 5) is 15.3.